The van der Waals surface area contributed by atoms with Crippen molar-refractivity contribution in [2.75, 3.05) is 0 Å². The van der Waals surface area contributed by atoms with Crippen molar-refractivity contribution in [3.8, 4) is 5.75 Å². The predicted octanol–water partition coefficient (Wildman–Crippen LogP) is 3.58. The third kappa shape index (κ3) is 3.31. The van der Waals surface area contributed by atoms with E-state index < -0.39 is 17.7 Å². The molecule has 0 fully saturated rings. The van der Waals surface area contributed by atoms with Gasteiger partial charge in [-0.15, -0.1) is 0 Å². The second kappa shape index (κ2) is 5.28. The van der Waals surface area contributed by atoms with Crippen molar-refractivity contribution < 1.29 is 32.2 Å². The molecule has 2 rings (SSSR count). The minimum Gasteiger partial charge on any atom is -0.486 e. The lowest BCUT2D eigenvalue weighted by atomic mass is 10.2. The van der Waals surface area contributed by atoms with Gasteiger partial charge in [0, 0.05) is 0 Å². The maximum atomic E-state index is 12.5. The quantitative estimate of drug-likeness (QED) is 0.933. The molecule has 1 heterocycles. The number of aromatic carboxylic acids is 1. The molecule has 0 amide bonds. The average Bonchev–Trinajstić information content (AvgIpc) is 2.85. The molecule has 1 N–H and O–H groups in total. The van der Waals surface area contributed by atoms with Crippen LogP contribution >= 0.6 is 0 Å². The van der Waals surface area contributed by atoms with Crippen LogP contribution in [0.3, 0.4) is 0 Å². The van der Waals surface area contributed by atoms with Gasteiger partial charge in [0.25, 0.3) is 0 Å². The van der Waals surface area contributed by atoms with Gasteiger partial charge in [0.05, 0.1) is 11.1 Å². The monoisotopic (exact) mass is 286 g/mol. The molecular weight excluding hydrogens is 277 g/mol. The Hall–Kier alpha value is -2.44. The molecule has 7 heteroatoms. The smallest absolute Gasteiger partial charge is 0.416 e. The highest BCUT2D eigenvalue weighted by Gasteiger charge is 2.30. The SMILES string of the molecule is O=C(O)c1coc(COc2cccc(C(F)(F)F)c2)c1. The van der Waals surface area contributed by atoms with Crippen LogP contribution in [0.4, 0.5) is 13.2 Å². The summed E-state index contributed by atoms with van der Waals surface area (Å²) in [5.74, 6) is -0.924. The first-order chi connectivity index (χ1) is 9.36. The van der Waals surface area contributed by atoms with Crippen molar-refractivity contribution in [3.05, 3.63) is 53.5 Å². The number of carboxylic acids is 1. The van der Waals surface area contributed by atoms with E-state index in [-0.39, 0.29) is 23.7 Å². The number of rotatable bonds is 4. The number of furan rings is 1. The number of alkyl halides is 3. The Kier molecular flexibility index (Phi) is 3.69. The van der Waals surface area contributed by atoms with Crippen molar-refractivity contribution in [2.24, 2.45) is 0 Å². The van der Waals surface area contributed by atoms with E-state index in [2.05, 4.69) is 0 Å². The highest BCUT2D eigenvalue weighted by Crippen LogP contribution is 2.31. The first-order valence-corrected chi connectivity index (χ1v) is 5.47. The van der Waals surface area contributed by atoms with Crippen LogP contribution in [-0.4, -0.2) is 11.1 Å². The van der Waals surface area contributed by atoms with E-state index in [1.807, 2.05) is 0 Å². The molecule has 0 aliphatic carbocycles. The summed E-state index contributed by atoms with van der Waals surface area (Å²) in [6, 6.07) is 5.64. The summed E-state index contributed by atoms with van der Waals surface area (Å²) in [5.41, 5.74) is -0.867. The van der Waals surface area contributed by atoms with Gasteiger partial charge >= 0.3 is 12.1 Å². The number of halogens is 3. The zero-order valence-electron chi connectivity index (χ0n) is 9.98. The first kappa shape index (κ1) is 14.0. The number of hydrogen-bond donors (Lipinski definition) is 1. The van der Waals surface area contributed by atoms with Crippen LogP contribution in [0.25, 0.3) is 0 Å². The summed E-state index contributed by atoms with van der Waals surface area (Å²) < 4.78 is 47.5. The average molecular weight is 286 g/mol. The fourth-order valence-corrected chi connectivity index (χ4v) is 1.49. The maximum absolute atomic E-state index is 12.5. The van der Waals surface area contributed by atoms with E-state index in [1.54, 1.807) is 0 Å². The van der Waals surface area contributed by atoms with E-state index in [0.29, 0.717) is 0 Å². The maximum Gasteiger partial charge on any atom is 0.416 e. The molecule has 0 atom stereocenters. The van der Waals surface area contributed by atoms with Crippen LogP contribution in [-0.2, 0) is 12.8 Å². The molecule has 20 heavy (non-hydrogen) atoms. The van der Waals surface area contributed by atoms with Crippen LogP contribution < -0.4 is 4.74 Å². The van der Waals surface area contributed by atoms with Gasteiger partial charge in [-0.05, 0) is 24.3 Å². The number of carbonyl (C=O) groups is 1. The fraction of sp³-hybridized carbons (Fsp3) is 0.154. The molecule has 106 valence electrons. The summed E-state index contributed by atoms with van der Waals surface area (Å²) in [6.45, 7) is -0.158. The standard InChI is InChI=1S/C13H9F3O4/c14-13(15,16)9-2-1-3-10(5-9)20-7-11-4-8(6-19-11)12(17)18/h1-6H,7H2,(H,17,18). The molecule has 0 spiro atoms. The molecule has 0 bridgehead atoms. The number of carboxylic acid groups (broad SMARTS) is 1. The van der Waals surface area contributed by atoms with Gasteiger partial charge in [0.2, 0.25) is 0 Å². The van der Waals surface area contributed by atoms with Crippen molar-refractivity contribution in [1.82, 2.24) is 0 Å². The molecule has 0 radical (unpaired) electrons. The van der Waals surface area contributed by atoms with E-state index in [0.717, 1.165) is 18.4 Å². The minimum absolute atomic E-state index is 0.0214. The fourth-order valence-electron chi connectivity index (χ4n) is 1.49. The Morgan fingerprint density at radius 1 is 1.30 bits per heavy atom. The van der Waals surface area contributed by atoms with Gasteiger partial charge in [0.1, 0.15) is 24.4 Å². The van der Waals surface area contributed by atoms with Crippen molar-refractivity contribution >= 4 is 5.97 Å². The van der Waals surface area contributed by atoms with Crippen molar-refractivity contribution in [2.45, 2.75) is 12.8 Å². The zero-order chi connectivity index (χ0) is 14.8. The molecule has 1 aromatic carbocycles. The first-order valence-electron chi connectivity index (χ1n) is 5.47. The third-order valence-electron chi connectivity index (χ3n) is 2.44. The molecule has 0 saturated heterocycles. The second-order valence-corrected chi connectivity index (χ2v) is 3.92. The van der Waals surface area contributed by atoms with Crippen LogP contribution in [0.5, 0.6) is 5.75 Å². The number of benzene rings is 1. The topological polar surface area (TPSA) is 59.7 Å². The van der Waals surface area contributed by atoms with E-state index in [1.165, 1.54) is 18.2 Å². The lowest BCUT2D eigenvalue weighted by molar-refractivity contribution is -0.137. The van der Waals surface area contributed by atoms with Crippen LogP contribution in [0.15, 0.2) is 41.0 Å². The zero-order valence-corrected chi connectivity index (χ0v) is 9.98. The molecule has 2 aromatic rings. The molecular formula is C13H9F3O4. The molecule has 4 nitrogen and oxygen atoms in total. The molecule has 0 aliphatic rings. The largest absolute Gasteiger partial charge is 0.486 e. The van der Waals surface area contributed by atoms with Crippen molar-refractivity contribution in [1.29, 1.82) is 0 Å². The summed E-state index contributed by atoms with van der Waals surface area (Å²) in [4.78, 5) is 10.6. The number of ether oxygens (including phenoxy) is 1. The summed E-state index contributed by atoms with van der Waals surface area (Å²) in [7, 11) is 0. The van der Waals surface area contributed by atoms with Crippen LogP contribution in [0.2, 0.25) is 0 Å². The highest BCUT2D eigenvalue weighted by atomic mass is 19.4. The second-order valence-electron chi connectivity index (χ2n) is 3.92. The van der Waals surface area contributed by atoms with Gasteiger partial charge in [0.15, 0.2) is 0 Å². The van der Waals surface area contributed by atoms with E-state index in [9.17, 15) is 18.0 Å². The summed E-state index contributed by atoms with van der Waals surface area (Å²) >= 11 is 0. The van der Waals surface area contributed by atoms with Gasteiger partial charge in [-0.2, -0.15) is 13.2 Å². The van der Waals surface area contributed by atoms with E-state index >= 15 is 0 Å². The molecule has 0 unspecified atom stereocenters. The van der Waals surface area contributed by atoms with E-state index in [4.69, 9.17) is 14.3 Å². The Bertz CT molecular complexity index is 616. The molecule has 0 aliphatic heterocycles. The predicted molar refractivity (Wildman–Crippen MR) is 61.4 cm³/mol. The van der Waals surface area contributed by atoms with Gasteiger partial charge in [-0.25, -0.2) is 4.79 Å². The van der Waals surface area contributed by atoms with Crippen LogP contribution in [0.1, 0.15) is 21.7 Å². The lowest BCUT2D eigenvalue weighted by Crippen LogP contribution is -2.05. The summed E-state index contributed by atoms with van der Waals surface area (Å²) in [6.07, 6.45) is -3.41. The van der Waals surface area contributed by atoms with Gasteiger partial charge in [-0.1, -0.05) is 6.07 Å². The Labute approximate surface area is 111 Å². The summed E-state index contributed by atoms with van der Waals surface area (Å²) in [5, 5.41) is 8.68. The Morgan fingerprint density at radius 2 is 2.05 bits per heavy atom. The Balaban J connectivity index is 2.05. The minimum atomic E-state index is -4.44. The van der Waals surface area contributed by atoms with Gasteiger partial charge in [-0.3, -0.25) is 0 Å². The molecule has 1 aromatic heterocycles. The van der Waals surface area contributed by atoms with Crippen molar-refractivity contribution in [3.63, 3.8) is 0 Å². The Morgan fingerprint density at radius 3 is 2.65 bits per heavy atom. The highest BCUT2D eigenvalue weighted by molar-refractivity contribution is 5.87. The lowest BCUT2D eigenvalue weighted by Gasteiger charge is -2.09. The third-order valence-corrected chi connectivity index (χ3v) is 2.44. The normalized spacial score (nSPS) is 11.3. The number of hydrogen-bond acceptors (Lipinski definition) is 3. The molecule has 0 saturated carbocycles. The van der Waals surface area contributed by atoms with Crippen LogP contribution in [0, 0.1) is 0 Å². The van der Waals surface area contributed by atoms with Gasteiger partial charge < -0.3 is 14.3 Å².